The summed E-state index contributed by atoms with van der Waals surface area (Å²) in [6, 6.07) is 5.50. The van der Waals surface area contributed by atoms with Gasteiger partial charge in [0.2, 0.25) is 0 Å². The minimum absolute atomic E-state index is 0. The summed E-state index contributed by atoms with van der Waals surface area (Å²) in [6.45, 7) is 3.23. The van der Waals surface area contributed by atoms with E-state index in [1.807, 2.05) is 11.9 Å². The summed E-state index contributed by atoms with van der Waals surface area (Å²) in [5.41, 5.74) is 1.09. The van der Waals surface area contributed by atoms with Crippen LogP contribution in [0, 0.1) is 0 Å². The second-order valence-electron chi connectivity index (χ2n) is 5.78. The number of nitrogens with one attached hydrogen (secondary N) is 2. The van der Waals surface area contributed by atoms with E-state index >= 15 is 0 Å². The number of nitrogens with zero attached hydrogens (tertiary/aromatic N) is 1. The third kappa shape index (κ3) is 3.28. The van der Waals surface area contributed by atoms with Crippen LogP contribution < -0.4 is 15.4 Å². The third-order valence-electron chi connectivity index (χ3n) is 4.24. The highest BCUT2D eigenvalue weighted by atomic mass is 35.5. The Kier molecular flexibility index (Phi) is 5.49. The molecule has 0 saturated carbocycles. The minimum atomic E-state index is -0.590. The van der Waals surface area contributed by atoms with Crippen molar-refractivity contribution in [3.05, 3.63) is 23.8 Å². The first kappa shape index (κ1) is 17.6. The van der Waals surface area contributed by atoms with Crippen molar-refractivity contribution >= 4 is 29.9 Å². The fourth-order valence-electron chi connectivity index (χ4n) is 3.10. The van der Waals surface area contributed by atoms with Gasteiger partial charge in [0.1, 0.15) is 0 Å². The van der Waals surface area contributed by atoms with E-state index in [2.05, 4.69) is 10.6 Å². The normalized spacial score (nSPS) is 22.7. The molecular weight excluding hydrogens is 318 g/mol. The molecule has 7 heteroatoms. The van der Waals surface area contributed by atoms with E-state index in [0.29, 0.717) is 17.0 Å². The third-order valence-corrected chi connectivity index (χ3v) is 4.24. The van der Waals surface area contributed by atoms with Crippen LogP contribution in [-0.4, -0.2) is 49.0 Å². The van der Waals surface area contributed by atoms with Crippen molar-refractivity contribution in [1.82, 2.24) is 10.2 Å². The van der Waals surface area contributed by atoms with Gasteiger partial charge in [-0.15, -0.1) is 12.4 Å². The molecule has 2 aliphatic heterocycles. The highest BCUT2D eigenvalue weighted by molar-refractivity contribution is 6.04. The smallest absolute Gasteiger partial charge is 0.265 e. The fraction of sp³-hybridized carbons (Fsp3) is 0.500. The molecule has 2 atom stereocenters. The lowest BCUT2D eigenvalue weighted by molar-refractivity contribution is -0.122. The summed E-state index contributed by atoms with van der Waals surface area (Å²) in [5, 5.41) is 5.92. The van der Waals surface area contributed by atoms with Crippen LogP contribution >= 0.6 is 12.4 Å². The van der Waals surface area contributed by atoms with Crippen LogP contribution in [0.25, 0.3) is 0 Å². The quantitative estimate of drug-likeness (QED) is 0.878. The average molecular weight is 340 g/mol. The number of carbonyl (C=O) groups is 2. The first-order valence-electron chi connectivity index (χ1n) is 7.68. The first-order chi connectivity index (χ1) is 10.6. The van der Waals surface area contributed by atoms with Gasteiger partial charge in [-0.25, -0.2) is 0 Å². The van der Waals surface area contributed by atoms with Gasteiger partial charge in [-0.1, -0.05) is 6.07 Å². The van der Waals surface area contributed by atoms with Crippen LogP contribution in [0.5, 0.6) is 5.75 Å². The Morgan fingerprint density at radius 3 is 3.00 bits per heavy atom. The number of rotatable bonds is 3. The van der Waals surface area contributed by atoms with Gasteiger partial charge in [0.05, 0.1) is 11.3 Å². The van der Waals surface area contributed by atoms with Crippen molar-refractivity contribution in [2.75, 3.05) is 25.5 Å². The second-order valence-corrected chi connectivity index (χ2v) is 5.78. The molecule has 6 nitrogen and oxygen atoms in total. The first-order valence-corrected chi connectivity index (χ1v) is 7.68. The Labute approximate surface area is 142 Å². The molecule has 2 N–H and O–H groups in total. The van der Waals surface area contributed by atoms with Gasteiger partial charge >= 0.3 is 0 Å². The maximum atomic E-state index is 12.9. The van der Waals surface area contributed by atoms with Crippen LogP contribution in [0.1, 0.15) is 30.1 Å². The van der Waals surface area contributed by atoms with Crippen LogP contribution in [0.2, 0.25) is 0 Å². The summed E-state index contributed by atoms with van der Waals surface area (Å²) in [7, 11) is 1.89. The van der Waals surface area contributed by atoms with Gasteiger partial charge in [0.15, 0.2) is 11.9 Å². The standard InChI is InChI=1S/C16H21N3O3.ClH/c1-10-15(20)18-13-7-3-6-12(14(13)22-10)16(21)19-8-4-5-11(19)9-17-2;/h3,6-7,10-11,17H,4-5,8-9H2,1-2H3,(H,18,20);1H. The van der Waals surface area contributed by atoms with Crippen molar-refractivity contribution in [3.8, 4) is 5.75 Å². The van der Waals surface area contributed by atoms with Gasteiger partial charge in [0, 0.05) is 19.1 Å². The SMILES string of the molecule is CNCC1CCCN1C(=O)c1cccc2c1OC(C)C(=O)N2.Cl. The lowest BCUT2D eigenvalue weighted by Gasteiger charge is -2.28. The van der Waals surface area contributed by atoms with Crippen LogP contribution in [0.4, 0.5) is 5.69 Å². The van der Waals surface area contributed by atoms with Crippen molar-refractivity contribution in [1.29, 1.82) is 0 Å². The molecule has 3 rings (SSSR count). The molecule has 1 aromatic rings. The largest absolute Gasteiger partial charge is 0.478 e. The summed E-state index contributed by atoms with van der Waals surface area (Å²) in [5.74, 6) is 0.263. The molecule has 2 unspecified atom stereocenters. The Morgan fingerprint density at radius 2 is 2.26 bits per heavy atom. The number of fused-ring (bicyclic) bond motifs is 1. The van der Waals surface area contributed by atoms with E-state index in [9.17, 15) is 9.59 Å². The number of ether oxygens (including phenoxy) is 1. The van der Waals surface area contributed by atoms with E-state index in [4.69, 9.17) is 4.74 Å². The zero-order valence-electron chi connectivity index (χ0n) is 13.3. The topological polar surface area (TPSA) is 70.7 Å². The Balaban J connectivity index is 0.00000192. The maximum Gasteiger partial charge on any atom is 0.265 e. The Hall–Kier alpha value is -1.79. The molecule has 0 spiro atoms. The molecule has 1 fully saturated rings. The summed E-state index contributed by atoms with van der Waals surface area (Å²) < 4.78 is 5.68. The molecule has 2 heterocycles. The number of halogens is 1. The van der Waals surface area contributed by atoms with Gasteiger partial charge in [0.25, 0.3) is 11.8 Å². The van der Waals surface area contributed by atoms with Crippen LogP contribution in [0.3, 0.4) is 0 Å². The summed E-state index contributed by atoms with van der Waals surface area (Å²) in [6.07, 6.45) is 1.43. The molecule has 1 saturated heterocycles. The van der Waals surface area contributed by atoms with Crippen molar-refractivity contribution in [3.63, 3.8) is 0 Å². The maximum absolute atomic E-state index is 12.9. The Bertz CT molecular complexity index is 608. The molecule has 2 aliphatic rings. The zero-order valence-corrected chi connectivity index (χ0v) is 14.1. The van der Waals surface area contributed by atoms with Crippen molar-refractivity contribution < 1.29 is 14.3 Å². The summed E-state index contributed by atoms with van der Waals surface area (Å²) >= 11 is 0. The van der Waals surface area contributed by atoms with E-state index in [1.54, 1.807) is 25.1 Å². The number of anilines is 1. The van der Waals surface area contributed by atoms with E-state index < -0.39 is 6.10 Å². The molecule has 2 amide bonds. The molecule has 126 valence electrons. The number of hydrogen-bond donors (Lipinski definition) is 2. The fourth-order valence-corrected chi connectivity index (χ4v) is 3.10. The number of likely N-dealkylation sites (tertiary alicyclic amines) is 1. The number of carbonyl (C=O) groups excluding carboxylic acids is 2. The number of para-hydroxylation sites is 1. The van der Waals surface area contributed by atoms with Crippen molar-refractivity contribution in [2.24, 2.45) is 0 Å². The Morgan fingerprint density at radius 1 is 1.48 bits per heavy atom. The second kappa shape index (κ2) is 7.19. The summed E-state index contributed by atoms with van der Waals surface area (Å²) in [4.78, 5) is 26.5. The zero-order chi connectivity index (χ0) is 15.7. The predicted octanol–water partition coefficient (Wildman–Crippen LogP) is 1.65. The van der Waals surface area contributed by atoms with E-state index in [-0.39, 0.29) is 30.3 Å². The minimum Gasteiger partial charge on any atom is -0.478 e. The number of amides is 2. The lowest BCUT2D eigenvalue weighted by atomic mass is 10.1. The number of likely N-dealkylation sites (N-methyl/N-ethyl adjacent to an activating group) is 1. The molecular formula is C16H22ClN3O3. The predicted molar refractivity (Wildman–Crippen MR) is 90.4 cm³/mol. The van der Waals surface area contributed by atoms with Gasteiger partial charge in [-0.3, -0.25) is 9.59 Å². The van der Waals surface area contributed by atoms with Crippen molar-refractivity contribution in [2.45, 2.75) is 31.9 Å². The van der Waals surface area contributed by atoms with E-state index in [0.717, 1.165) is 25.9 Å². The van der Waals surface area contributed by atoms with Gasteiger partial charge in [-0.05, 0) is 38.9 Å². The molecule has 0 aromatic heterocycles. The number of benzene rings is 1. The average Bonchev–Trinajstić information content (AvgIpc) is 2.96. The van der Waals surface area contributed by atoms with Crippen LogP contribution in [-0.2, 0) is 4.79 Å². The number of hydrogen-bond acceptors (Lipinski definition) is 4. The van der Waals surface area contributed by atoms with Gasteiger partial charge in [-0.2, -0.15) is 0 Å². The van der Waals surface area contributed by atoms with E-state index in [1.165, 1.54) is 0 Å². The molecule has 0 bridgehead atoms. The highest BCUT2D eigenvalue weighted by Crippen LogP contribution is 2.35. The molecule has 0 aliphatic carbocycles. The lowest BCUT2D eigenvalue weighted by Crippen LogP contribution is -2.41. The monoisotopic (exact) mass is 339 g/mol. The highest BCUT2D eigenvalue weighted by Gasteiger charge is 2.33. The van der Waals surface area contributed by atoms with Crippen LogP contribution in [0.15, 0.2) is 18.2 Å². The van der Waals surface area contributed by atoms with Gasteiger partial charge < -0.3 is 20.3 Å². The molecule has 0 radical (unpaired) electrons. The molecule has 1 aromatic carbocycles. The molecule has 23 heavy (non-hydrogen) atoms.